The normalized spacial score (nSPS) is 13.9. The molecule has 0 amide bonds. The molecule has 0 rings (SSSR count). The van der Waals surface area contributed by atoms with E-state index in [0.29, 0.717) is 19.3 Å². The molecule has 0 aliphatic rings. The molecule has 1 N–H and O–H groups in total. The zero-order chi connectivity index (χ0) is 20.4. The van der Waals surface area contributed by atoms with E-state index in [1.165, 1.54) is 57.8 Å². The van der Waals surface area contributed by atoms with Crippen LogP contribution < -0.4 is 29.6 Å². The molecule has 0 saturated carbocycles. The van der Waals surface area contributed by atoms with Crippen molar-refractivity contribution < 1.29 is 47.6 Å². The summed E-state index contributed by atoms with van der Waals surface area (Å²) in [4.78, 5) is 0. The van der Waals surface area contributed by atoms with Gasteiger partial charge in [0.05, 0.1) is 11.4 Å². The number of hydrogen-bond acceptors (Lipinski definition) is 4. The zero-order valence-corrected chi connectivity index (χ0v) is 21.8. The molecule has 0 saturated heterocycles. The quantitative estimate of drug-likeness (QED) is 0.183. The molecule has 28 heavy (non-hydrogen) atoms. The molecule has 0 aromatic rings. The molecule has 164 valence electrons. The van der Waals surface area contributed by atoms with Crippen molar-refractivity contribution in [2.45, 2.75) is 141 Å². The summed E-state index contributed by atoms with van der Waals surface area (Å²) in [7, 11) is -4.42. The predicted octanol–water partition coefficient (Wildman–Crippen LogP) is 3.33. The van der Waals surface area contributed by atoms with E-state index in [2.05, 4.69) is 13.8 Å². The van der Waals surface area contributed by atoms with E-state index in [1.54, 1.807) is 0 Å². The number of rotatable bonds is 20. The molecule has 0 radical (unpaired) electrons. The van der Waals surface area contributed by atoms with Crippen LogP contribution in [0.25, 0.3) is 0 Å². The summed E-state index contributed by atoms with van der Waals surface area (Å²) in [6.07, 6.45) is 18.3. The van der Waals surface area contributed by atoms with Crippen molar-refractivity contribution in [3.8, 4) is 0 Å². The molecular formula is C22H45NaO4S. The van der Waals surface area contributed by atoms with Crippen LogP contribution in [-0.4, -0.2) is 29.4 Å². The van der Waals surface area contributed by atoms with E-state index in [-0.39, 0.29) is 29.6 Å². The largest absolute Gasteiger partial charge is 1.00 e. The van der Waals surface area contributed by atoms with Gasteiger partial charge >= 0.3 is 29.6 Å². The molecule has 2 unspecified atom stereocenters. The third-order valence-electron chi connectivity index (χ3n) is 5.50. The molecular weight excluding hydrogens is 383 g/mol. The van der Waals surface area contributed by atoms with Crippen LogP contribution in [0.3, 0.4) is 0 Å². The Morgan fingerprint density at radius 1 is 0.643 bits per heavy atom. The molecule has 0 spiro atoms. The van der Waals surface area contributed by atoms with Gasteiger partial charge in [-0.05, 0) is 12.8 Å². The maximum Gasteiger partial charge on any atom is 1.00 e. The summed E-state index contributed by atoms with van der Waals surface area (Å²) in [6, 6.07) is 0. The topological polar surface area (TPSA) is 77.4 Å². The second kappa shape index (κ2) is 21.1. The van der Waals surface area contributed by atoms with Crippen LogP contribution in [0.1, 0.15) is 129 Å². The van der Waals surface area contributed by atoms with E-state index in [9.17, 15) is 18.1 Å². The van der Waals surface area contributed by atoms with Crippen LogP contribution in [0, 0.1) is 0 Å². The summed E-state index contributed by atoms with van der Waals surface area (Å²) < 4.78 is 34.3. The number of hydrogen-bond donors (Lipinski definition) is 1. The van der Waals surface area contributed by atoms with Crippen LogP contribution in [0.2, 0.25) is 0 Å². The Morgan fingerprint density at radius 2 is 0.964 bits per heavy atom. The molecule has 0 aliphatic carbocycles. The Hall–Kier alpha value is 0.870. The van der Waals surface area contributed by atoms with E-state index >= 15 is 0 Å². The van der Waals surface area contributed by atoms with E-state index < -0.39 is 21.5 Å². The SMILES string of the molecule is CCCCCCCCCCCCCCC(O)C(CCCCCC)S(=O)(=O)[O-].[Na+]. The predicted molar refractivity (Wildman–Crippen MR) is 114 cm³/mol. The van der Waals surface area contributed by atoms with Gasteiger partial charge in [0.2, 0.25) is 0 Å². The fourth-order valence-corrected chi connectivity index (χ4v) is 4.66. The summed E-state index contributed by atoms with van der Waals surface area (Å²) >= 11 is 0. The van der Waals surface area contributed by atoms with Crippen molar-refractivity contribution in [2.75, 3.05) is 0 Å². The van der Waals surface area contributed by atoms with Gasteiger partial charge in [-0.1, -0.05) is 117 Å². The van der Waals surface area contributed by atoms with Crippen molar-refractivity contribution in [1.82, 2.24) is 0 Å². The van der Waals surface area contributed by atoms with Gasteiger partial charge in [0.15, 0.2) is 0 Å². The minimum absolute atomic E-state index is 0. The van der Waals surface area contributed by atoms with E-state index in [0.717, 1.165) is 38.5 Å². The summed E-state index contributed by atoms with van der Waals surface area (Å²) in [5.74, 6) is 0. The van der Waals surface area contributed by atoms with Gasteiger partial charge in [-0.15, -0.1) is 0 Å². The third kappa shape index (κ3) is 18.9. The molecule has 2 atom stereocenters. The van der Waals surface area contributed by atoms with Crippen molar-refractivity contribution in [3.05, 3.63) is 0 Å². The average Bonchev–Trinajstić information content (AvgIpc) is 2.61. The summed E-state index contributed by atoms with van der Waals surface area (Å²) in [5, 5.41) is 9.06. The van der Waals surface area contributed by atoms with Crippen LogP contribution in [-0.2, 0) is 10.1 Å². The minimum Gasteiger partial charge on any atom is -0.748 e. The second-order valence-corrected chi connectivity index (χ2v) is 9.72. The van der Waals surface area contributed by atoms with E-state index in [1.807, 2.05) is 0 Å². The third-order valence-corrected chi connectivity index (χ3v) is 6.79. The van der Waals surface area contributed by atoms with Crippen molar-refractivity contribution in [2.24, 2.45) is 0 Å². The second-order valence-electron chi connectivity index (χ2n) is 8.13. The molecule has 6 heteroatoms. The maximum absolute atomic E-state index is 11.4. The van der Waals surface area contributed by atoms with Crippen LogP contribution >= 0.6 is 0 Å². The van der Waals surface area contributed by atoms with Gasteiger partial charge in [-0.2, -0.15) is 0 Å². The molecule has 0 aromatic carbocycles. The zero-order valence-electron chi connectivity index (χ0n) is 19.0. The van der Waals surface area contributed by atoms with Gasteiger partial charge in [0.1, 0.15) is 10.1 Å². The first-order chi connectivity index (χ1) is 12.9. The monoisotopic (exact) mass is 428 g/mol. The molecule has 0 aliphatic heterocycles. The van der Waals surface area contributed by atoms with Gasteiger partial charge in [0, 0.05) is 0 Å². The molecule has 4 nitrogen and oxygen atoms in total. The Morgan fingerprint density at radius 3 is 1.36 bits per heavy atom. The molecule has 0 bridgehead atoms. The van der Waals surface area contributed by atoms with Crippen molar-refractivity contribution in [1.29, 1.82) is 0 Å². The standard InChI is InChI=1S/C22H46O4S.Na/c1-3-5-7-9-10-11-12-13-14-15-16-17-19-21(23)22(27(24,25)26)20-18-8-6-4-2;/h21-23H,3-20H2,1-2H3,(H,24,25,26);/q;+1/p-1. The fourth-order valence-electron chi connectivity index (χ4n) is 3.68. The fraction of sp³-hybridized carbons (Fsp3) is 1.00. The van der Waals surface area contributed by atoms with Crippen molar-refractivity contribution in [3.63, 3.8) is 0 Å². The average molecular weight is 429 g/mol. The first-order valence-electron chi connectivity index (χ1n) is 11.6. The molecule has 0 aromatic heterocycles. The first kappa shape index (κ1) is 31.1. The Kier molecular flexibility index (Phi) is 23.4. The Bertz CT molecular complexity index is 415. The van der Waals surface area contributed by atoms with E-state index in [4.69, 9.17) is 0 Å². The van der Waals surface area contributed by atoms with Crippen LogP contribution in [0.15, 0.2) is 0 Å². The summed E-state index contributed by atoms with van der Waals surface area (Å²) in [6.45, 7) is 4.33. The van der Waals surface area contributed by atoms with Crippen LogP contribution in [0.4, 0.5) is 0 Å². The number of aliphatic hydroxyl groups excluding tert-OH is 1. The Balaban J connectivity index is 0. The Labute approximate surface area is 197 Å². The van der Waals surface area contributed by atoms with Gasteiger partial charge in [0.25, 0.3) is 0 Å². The molecule has 0 heterocycles. The number of aliphatic hydroxyl groups is 1. The maximum atomic E-state index is 11.4. The number of unbranched alkanes of at least 4 members (excludes halogenated alkanes) is 14. The van der Waals surface area contributed by atoms with Crippen molar-refractivity contribution >= 4 is 10.1 Å². The van der Waals surface area contributed by atoms with Gasteiger partial charge in [-0.25, -0.2) is 8.42 Å². The van der Waals surface area contributed by atoms with Gasteiger partial charge in [-0.3, -0.25) is 0 Å². The minimum atomic E-state index is -4.42. The smallest absolute Gasteiger partial charge is 0.748 e. The summed E-state index contributed by atoms with van der Waals surface area (Å²) in [5.41, 5.74) is 0. The van der Waals surface area contributed by atoms with Crippen LogP contribution in [0.5, 0.6) is 0 Å². The molecule has 0 fully saturated rings. The van der Waals surface area contributed by atoms with Gasteiger partial charge < -0.3 is 9.66 Å². The first-order valence-corrected chi connectivity index (χ1v) is 13.0.